The zero-order valence-corrected chi connectivity index (χ0v) is 10.4. The van der Waals surface area contributed by atoms with Crippen LogP contribution in [0.15, 0.2) is 0 Å². The minimum Gasteiger partial charge on any atom is -0.330 e. The molecule has 0 saturated carbocycles. The molecule has 0 spiro atoms. The number of rotatable bonds is 2. The average Bonchev–Trinajstić information content (AvgIpc) is 2.79. The Morgan fingerprint density at radius 2 is 1.88 bits per heavy atom. The van der Waals surface area contributed by atoms with E-state index in [4.69, 9.17) is 0 Å². The Morgan fingerprint density at radius 1 is 1.12 bits per heavy atom. The normalized spacial score (nSPS) is 22.0. The summed E-state index contributed by atoms with van der Waals surface area (Å²) in [6.07, 6.45) is 2.62. The maximum atomic E-state index is 11.5. The maximum Gasteiger partial charge on any atom is 0.233 e. The van der Waals surface area contributed by atoms with E-state index >= 15 is 0 Å². The Labute approximate surface area is 102 Å². The summed E-state index contributed by atoms with van der Waals surface area (Å²) < 4.78 is 0. The van der Waals surface area contributed by atoms with E-state index in [-0.39, 0.29) is 5.91 Å². The van der Waals surface area contributed by atoms with Crippen LogP contribution in [0.1, 0.15) is 12.8 Å². The van der Waals surface area contributed by atoms with E-state index in [0.717, 1.165) is 18.8 Å². The molecule has 2 aliphatic heterocycles. The fourth-order valence-corrected chi connectivity index (χ4v) is 2.83. The van der Waals surface area contributed by atoms with Gasteiger partial charge in [0.1, 0.15) is 0 Å². The smallest absolute Gasteiger partial charge is 0.233 e. The van der Waals surface area contributed by atoms with Gasteiger partial charge in [-0.05, 0) is 25.9 Å². The SMILES string of the molecule is O=C1CSCCN1CC#CCN1CCCC1. The van der Waals surface area contributed by atoms with E-state index in [0.29, 0.717) is 12.3 Å². The molecular weight excluding hydrogens is 220 g/mol. The number of likely N-dealkylation sites (tertiary alicyclic amines) is 1. The van der Waals surface area contributed by atoms with Crippen molar-refractivity contribution in [2.75, 3.05) is 44.2 Å². The third-order valence-corrected chi connectivity index (χ3v) is 3.90. The highest BCUT2D eigenvalue weighted by Gasteiger charge is 2.16. The first-order chi connectivity index (χ1) is 7.86. The molecule has 2 fully saturated rings. The fraction of sp³-hybridized carbons (Fsp3) is 0.750. The van der Waals surface area contributed by atoms with Crippen molar-refractivity contribution in [3.63, 3.8) is 0 Å². The van der Waals surface area contributed by atoms with Gasteiger partial charge in [-0.2, -0.15) is 11.8 Å². The molecule has 2 heterocycles. The quantitative estimate of drug-likeness (QED) is 0.660. The number of carbonyl (C=O) groups excluding carboxylic acids is 1. The summed E-state index contributed by atoms with van der Waals surface area (Å²) >= 11 is 1.72. The average molecular weight is 238 g/mol. The second-order valence-corrected chi connectivity index (χ2v) is 5.31. The van der Waals surface area contributed by atoms with Gasteiger partial charge < -0.3 is 4.90 Å². The van der Waals surface area contributed by atoms with E-state index < -0.39 is 0 Å². The molecule has 0 N–H and O–H groups in total. The van der Waals surface area contributed by atoms with Crippen LogP contribution in [-0.2, 0) is 4.79 Å². The van der Waals surface area contributed by atoms with E-state index in [2.05, 4.69) is 16.7 Å². The van der Waals surface area contributed by atoms with Gasteiger partial charge in [0.05, 0.1) is 18.8 Å². The zero-order chi connectivity index (χ0) is 11.2. The van der Waals surface area contributed by atoms with Gasteiger partial charge in [-0.1, -0.05) is 11.8 Å². The van der Waals surface area contributed by atoms with Crippen molar-refractivity contribution in [3.8, 4) is 11.8 Å². The van der Waals surface area contributed by atoms with Crippen LogP contribution in [0.3, 0.4) is 0 Å². The topological polar surface area (TPSA) is 23.6 Å². The molecule has 1 amide bonds. The second-order valence-electron chi connectivity index (χ2n) is 4.20. The van der Waals surface area contributed by atoms with Crippen molar-refractivity contribution in [2.45, 2.75) is 12.8 Å². The molecule has 0 unspecified atom stereocenters. The summed E-state index contributed by atoms with van der Waals surface area (Å²) in [5.41, 5.74) is 0. The second kappa shape index (κ2) is 6.17. The Morgan fingerprint density at radius 3 is 2.62 bits per heavy atom. The predicted octanol–water partition coefficient (Wildman–Crippen LogP) is 0.661. The molecular formula is C12H18N2OS. The van der Waals surface area contributed by atoms with Crippen LogP contribution in [0.25, 0.3) is 0 Å². The van der Waals surface area contributed by atoms with Crippen LogP contribution in [0.5, 0.6) is 0 Å². The molecule has 2 rings (SSSR count). The van der Waals surface area contributed by atoms with Crippen molar-refractivity contribution in [1.82, 2.24) is 9.80 Å². The first kappa shape index (κ1) is 11.8. The molecule has 0 aromatic heterocycles. The van der Waals surface area contributed by atoms with E-state index in [9.17, 15) is 4.79 Å². The molecule has 0 radical (unpaired) electrons. The Bertz CT molecular complexity index is 302. The van der Waals surface area contributed by atoms with Crippen LogP contribution in [-0.4, -0.2) is 59.9 Å². The van der Waals surface area contributed by atoms with E-state index in [1.807, 2.05) is 4.90 Å². The van der Waals surface area contributed by atoms with E-state index in [1.165, 1.54) is 25.9 Å². The molecule has 2 saturated heterocycles. The molecule has 2 aliphatic rings. The Kier molecular flexibility index (Phi) is 4.55. The molecule has 0 bridgehead atoms. The standard InChI is InChI=1S/C12H18N2OS/c15-12-11-16-10-9-14(12)8-4-3-7-13-5-1-2-6-13/h1-2,5-11H2. The molecule has 4 heteroatoms. The van der Waals surface area contributed by atoms with Gasteiger partial charge in [-0.15, -0.1) is 0 Å². The lowest BCUT2D eigenvalue weighted by Gasteiger charge is -2.24. The molecule has 0 atom stereocenters. The lowest BCUT2D eigenvalue weighted by molar-refractivity contribution is -0.127. The van der Waals surface area contributed by atoms with Gasteiger partial charge in [0.15, 0.2) is 0 Å². The molecule has 0 aromatic rings. The monoisotopic (exact) mass is 238 g/mol. The summed E-state index contributed by atoms with van der Waals surface area (Å²) in [5.74, 6) is 8.22. The summed E-state index contributed by atoms with van der Waals surface area (Å²) in [5, 5.41) is 0. The van der Waals surface area contributed by atoms with Crippen molar-refractivity contribution in [2.24, 2.45) is 0 Å². The number of amides is 1. The van der Waals surface area contributed by atoms with Crippen LogP contribution in [0, 0.1) is 11.8 Å². The van der Waals surface area contributed by atoms with Gasteiger partial charge in [0.2, 0.25) is 5.91 Å². The number of nitrogens with zero attached hydrogens (tertiary/aromatic N) is 2. The van der Waals surface area contributed by atoms with E-state index in [1.54, 1.807) is 11.8 Å². The van der Waals surface area contributed by atoms with Crippen molar-refractivity contribution in [3.05, 3.63) is 0 Å². The van der Waals surface area contributed by atoms with Gasteiger partial charge >= 0.3 is 0 Å². The van der Waals surface area contributed by atoms with Crippen molar-refractivity contribution >= 4 is 17.7 Å². The number of hydrogen-bond acceptors (Lipinski definition) is 3. The van der Waals surface area contributed by atoms with Crippen LogP contribution >= 0.6 is 11.8 Å². The molecule has 3 nitrogen and oxygen atoms in total. The van der Waals surface area contributed by atoms with Crippen LogP contribution in [0.2, 0.25) is 0 Å². The van der Waals surface area contributed by atoms with Crippen molar-refractivity contribution < 1.29 is 4.79 Å². The molecule has 88 valence electrons. The summed E-state index contributed by atoms with van der Waals surface area (Å²) in [4.78, 5) is 15.7. The predicted molar refractivity (Wildman–Crippen MR) is 67.4 cm³/mol. The highest BCUT2D eigenvalue weighted by molar-refractivity contribution is 8.00. The lowest BCUT2D eigenvalue weighted by atomic mass is 10.4. The van der Waals surface area contributed by atoms with Gasteiger partial charge in [-0.3, -0.25) is 9.69 Å². The first-order valence-electron chi connectivity index (χ1n) is 5.90. The number of hydrogen-bond donors (Lipinski definition) is 0. The highest BCUT2D eigenvalue weighted by atomic mass is 32.2. The zero-order valence-electron chi connectivity index (χ0n) is 9.57. The van der Waals surface area contributed by atoms with Gasteiger partial charge in [0, 0.05) is 12.3 Å². The Hall–Kier alpha value is -0.660. The summed E-state index contributed by atoms with van der Waals surface area (Å²) in [6, 6.07) is 0. The third-order valence-electron chi connectivity index (χ3n) is 2.98. The minimum absolute atomic E-state index is 0.242. The van der Waals surface area contributed by atoms with Gasteiger partial charge in [-0.25, -0.2) is 0 Å². The lowest BCUT2D eigenvalue weighted by Crippen LogP contribution is -2.38. The molecule has 0 aliphatic carbocycles. The Balaban J connectivity index is 1.69. The maximum absolute atomic E-state index is 11.5. The number of carbonyl (C=O) groups is 1. The largest absolute Gasteiger partial charge is 0.330 e. The first-order valence-corrected chi connectivity index (χ1v) is 7.05. The summed E-state index contributed by atoms with van der Waals surface area (Å²) in [6.45, 7) is 4.73. The summed E-state index contributed by atoms with van der Waals surface area (Å²) in [7, 11) is 0. The van der Waals surface area contributed by atoms with Crippen LogP contribution < -0.4 is 0 Å². The highest BCUT2D eigenvalue weighted by Crippen LogP contribution is 2.09. The van der Waals surface area contributed by atoms with Gasteiger partial charge in [0.25, 0.3) is 0 Å². The minimum atomic E-state index is 0.242. The fourth-order valence-electron chi connectivity index (χ4n) is 1.98. The van der Waals surface area contributed by atoms with Crippen LogP contribution in [0.4, 0.5) is 0 Å². The van der Waals surface area contributed by atoms with Crippen molar-refractivity contribution in [1.29, 1.82) is 0 Å². The molecule has 16 heavy (non-hydrogen) atoms. The number of thioether (sulfide) groups is 1. The third kappa shape index (κ3) is 3.43. The molecule has 0 aromatic carbocycles.